The Morgan fingerprint density at radius 1 is 1.27 bits per heavy atom. The van der Waals surface area contributed by atoms with Crippen LogP contribution in [0, 0.1) is 0 Å². The lowest BCUT2D eigenvalue weighted by molar-refractivity contribution is -0.136. The molecule has 68 valence electrons. The second-order valence-corrected chi connectivity index (χ2v) is 5.07. The van der Waals surface area contributed by atoms with Crippen molar-refractivity contribution in [2.45, 2.75) is 32.1 Å². The molecule has 0 rings (SSSR count). The predicted molar refractivity (Wildman–Crippen MR) is 40.1 cm³/mol. The van der Waals surface area contributed by atoms with E-state index in [1.165, 1.54) is 0 Å². The average Bonchev–Trinajstić information content (AvgIpc) is 1.78. The monoisotopic (exact) mass is 186 g/mol. The summed E-state index contributed by atoms with van der Waals surface area (Å²) in [5, 5.41) is 0. The lowest BCUT2D eigenvalue weighted by Crippen LogP contribution is -2.12. The van der Waals surface area contributed by atoms with Crippen LogP contribution in [0.5, 0.6) is 0 Å². The topological polar surface area (TPSA) is 9.23 Å². The highest BCUT2D eigenvalue weighted by molar-refractivity contribution is 6.48. The predicted octanol–water partition coefficient (Wildman–Crippen LogP) is 2.33. The van der Waals surface area contributed by atoms with Crippen LogP contribution >= 0.6 is 0 Å². The quantitative estimate of drug-likeness (QED) is 0.483. The van der Waals surface area contributed by atoms with Crippen LogP contribution in [0.2, 0.25) is 13.1 Å². The van der Waals surface area contributed by atoms with Crippen molar-refractivity contribution in [3.8, 4) is 0 Å². The van der Waals surface area contributed by atoms with Gasteiger partial charge < -0.3 is 4.43 Å². The third kappa shape index (κ3) is 9.97. The van der Waals surface area contributed by atoms with E-state index in [1.807, 2.05) is 13.1 Å². The van der Waals surface area contributed by atoms with Crippen LogP contribution in [0.3, 0.4) is 0 Å². The van der Waals surface area contributed by atoms with E-state index in [0.29, 0.717) is 0 Å². The molecule has 0 N–H and O–H groups in total. The fourth-order valence-corrected chi connectivity index (χ4v) is 1.23. The average molecular weight is 186 g/mol. The van der Waals surface area contributed by atoms with E-state index >= 15 is 0 Å². The molecule has 0 saturated heterocycles. The summed E-state index contributed by atoms with van der Waals surface area (Å²) in [5.74, 6) is 0. The molecule has 0 aliphatic heterocycles. The minimum atomic E-state index is -4.03. The number of halogens is 3. The van der Waals surface area contributed by atoms with Crippen molar-refractivity contribution < 1.29 is 17.6 Å². The molecule has 11 heavy (non-hydrogen) atoms. The maximum absolute atomic E-state index is 11.5. The molecule has 0 aliphatic rings. The standard InChI is InChI=1S/C6H13F3OSi/c1-11(2)10-5-3-4-6(7,8)9/h11H,3-5H2,1-2H3. The number of rotatable bonds is 4. The molecular formula is C6H13F3OSi. The summed E-state index contributed by atoms with van der Waals surface area (Å²) in [7, 11) is -1.12. The minimum Gasteiger partial charge on any atom is -0.421 e. The molecule has 0 radical (unpaired) electrons. The van der Waals surface area contributed by atoms with Crippen molar-refractivity contribution in [2.75, 3.05) is 6.61 Å². The maximum Gasteiger partial charge on any atom is 0.389 e. The molecule has 0 aromatic rings. The summed E-state index contributed by atoms with van der Waals surface area (Å²) in [4.78, 5) is 0. The van der Waals surface area contributed by atoms with Crippen LogP contribution in [-0.2, 0) is 4.43 Å². The first-order valence-corrected chi connectivity index (χ1v) is 6.38. The van der Waals surface area contributed by atoms with E-state index in [9.17, 15) is 13.2 Å². The van der Waals surface area contributed by atoms with Crippen LogP contribution in [-0.4, -0.2) is 21.8 Å². The Morgan fingerprint density at radius 2 is 1.82 bits per heavy atom. The van der Waals surface area contributed by atoms with Crippen LogP contribution in [0.25, 0.3) is 0 Å². The minimum absolute atomic E-state index is 0.0919. The van der Waals surface area contributed by atoms with Crippen LogP contribution in [0.1, 0.15) is 12.8 Å². The van der Waals surface area contributed by atoms with Gasteiger partial charge in [-0.25, -0.2) is 0 Å². The highest BCUT2D eigenvalue weighted by atomic mass is 28.3. The zero-order valence-corrected chi connectivity index (χ0v) is 7.90. The molecule has 0 aliphatic carbocycles. The van der Waals surface area contributed by atoms with Crippen molar-refractivity contribution in [1.82, 2.24) is 0 Å². The Morgan fingerprint density at radius 3 is 2.18 bits per heavy atom. The molecule has 0 bridgehead atoms. The van der Waals surface area contributed by atoms with Gasteiger partial charge in [-0.3, -0.25) is 0 Å². The smallest absolute Gasteiger partial charge is 0.389 e. The second-order valence-electron chi connectivity index (χ2n) is 2.64. The lowest BCUT2D eigenvalue weighted by Gasteiger charge is -2.08. The van der Waals surface area contributed by atoms with Gasteiger partial charge in [-0.15, -0.1) is 0 Å². The Labute approximate surface area is 66.3 Å². The van der Waals surface area contributed by atoms with Crippen LogP contribution < -0.4 is 0 Å². The van der Waals surface area contributed by atoms with Crippen molar-refractivity contribution in [1.29, 1.82) is 0 Å². The lowest BCUT2D eigenvalue weighted by atomic mass is 10.3. The Balaban J connectivity index is 3.15. The van der Waals surface area contributed by atoms with Gasteiger partial charge in [-0.2, -0.15) is 13.2 Å². The van der Waals surface area contributed by atoms with Crippen LogP contribution in [0.4, 0.5) is 13.2 Å². The Bertz CT molecular complexity index is 102. The van der Waals surface area contributed by atoms with Crippen molar-refractivity contribution in [2.24, 2.45) is 0 Å². The fraction of sp³-hybridized carbons (Fsp3) is 1.00. The van der Waals surface area contributed by atoms with Gasteiger partial charge in [0.2, 0.25) is 0 Å². The molecule has 1 nitrogen and oxygen atoms in total. The molecule has 0 spiro atoms. The van der Waals surface area contributed by atoms with Gasteiger partial charge in [-0.1, -0.05) is 0 Å². The fourth-order valence-electron chi connectivity index (χ4n) is 0.592. The van der Waals surface area contributed by atoms with E-state index < -0.39 is 21.6 Å². The molecule has 0 heterocycles. The maximum atomic E-state index is 11.5. The van der Waals surface area contributed by atoms with Crippen molar-refractivity contribution in [3.63, 3.8) is 0 Å². The van der Waals surface area contributed by atoms with Gasteiger partial charge in [0.15, 0.2) is 9.04 Å². The molecule has 0 aromatic heterocycles. The van der Waals surface area contributed by atoms with Gasteiger partial charge >= 0.3 is 6.18 Å². The van der Waals surface area contributed by atoms with Crippen molar-refractivity contribution >= 4 is 9.04 Å². The molecule has 0 saturated carbocycles. The summed E-state index contributed by atoms with van der Waals surface area (Å²) in [6.45, 7) is 4.13. The molecule has 0 amide bonds. The number of hydrogen-bond acceptors (Lipinski definition) is 1. The molecule has 0 atom stereocenters. The number of alkyl halides is 3. The zero-order valence-electron chi connectivity index (χ0n) is 6.74. The van der Waals surface area contributed by atoms with Gasteiger partial charge in [0, 0.05) is 13.0 Å². The van der Waals surface area contributed by atoms with Gasteiger partial charge in [0.25, 0.3) is 0 Å². The molecule has 0 fully saturated rings. The van der Waals surface area contributed by atoms with Gasteiger partial charge in [0.1, 0.15) is 0 Å². The molecule has 0 unspecified atom stereocenters. The van der Waals surface area contributed by atoms with E-state index in [-0.39, 0.29) is 13.0 Å². The SMILES string of the molecule is C[SiH](C)OCCCC(F)(F)F. The third-order valence-electron chi connectivity index (χ3n) is 1.06. The Hall–Kier alpha value is -0.0331. The molecular weight excluding hydrogens is 173 g/mol. The Kier molecular flexibility index (Phi) is 4.75. The molecule has 0 aromatic carbocycles. The van der Waals surface area contributed by atoms with E-state index in [4.69, 9.17) is 4.43 Å². The van der Waals surface area contributed by atoms with Crippen molar-refractivity contribution in [3.05, 3.63) is 0 Å². The first-order chi connectivity index (χ1) is 4.92. The third-order valence-corrected chi connectivity index (χ3v) is 1.96. The van der Waals surface area contributed by atoms with Gasteiger partial charge in [0.05, 0.1) is 0 Å². The normalized spacial score (nSPS) is 12.5. The van der Waals surface area contributed by atoms with Gasteiger partial charge in [-0.05, 0) is 19.5 Å². The molecule has 5 heteroatoms. The summed E-state index contributed by atoms with van der Waals surface area (Å²) in [6.07, 6.45) is -4.66. The summed E-state index contributed by atoms with van der Waals surface area (Å²) in [6, 6.07) is 0. The largest absolute Gasteiger partial charge is 0.421 e. The highest BCUT2D eigenvalue weighted by Gasteiger charge is 2.25. The first kappa shape index (κ1) is 11.0. The van der Waals surface area contributed by atoms with E-state index in [1.54, 1.807) is 0 Å². The number of hydrogen-bond donors (Lipinski definition) is 0. The zero-order chi connectivity index (χ0) is 8.91. The summed E-state index contributed by atoms with van der Waals surface area (Å²) in [5.41, 5.74) is 0. The van der Waals surface area contributed by atoms with E-state index in [2.05, 4.69) is 0 Å². The highest BCUT2D eigenvalue weighted by Crippen LogP contribution is 2.20. The second kappa shape index (κ2) is 4.77. The summed E-state index contributed by atoms with van der Waals surface area (Å²) < 4.78 is 39.7. The van der Waals surface area contributed by atoms with Crippen LogP contribution in [0.15, 0.2) is 0 Å². The van der Waals surface area contributed by atoms with E-state index in [0.717, 1.165) is 0 Å². The summed E-state index contributed by atoms with van der Waals surface area (Å²) >= 11 is 0. The first-order valence-electron chi connectivity index (χ1n) is 3.60.